The molecule has 0 spiro atoms. The molecule has 0 aromatic rings. The van der Waals surface area contributed by atoms with E-state index in [1.165, 1.54) is 0 Å². The van der Waals surface area contributed by atoms with Crippen LogP contribution in [0.4, 0.5) is 4.79 Å². The van der Waals surface area contributed by atoms with Gasteiger partial charge in [0, 0.05) is 6.54 Å². The van der Waals surface area contributed by atoms with Crippen LogP contribution in [0.1, 0.15) is 20.3 Å². The van der Waals surface area contributed by atoms with E-state index in [0.29, 0.717) is 6.42 Å². The van der Waals surface area contributed by atoms with Gasteiger partial charge in [-0.25, -0.2) is 9.59 Å². The number of hydrogen-bond acceptors (Lipinski definition) is 4. The lowest BCUT2D eigenvalue weighted by atomic mass is 10.0. The van der Waals surface area contributed by atoms with Gasteiger partial charge in [0.25, 0.3) is 0 Å². The Morgan fingerprint density at radius 1 is 1.32 bits per heavy atom. The molecular formula is C11H21N3O5. The highest BCUT2D eigenvalue weighted by atomic mass is 16.5. The molecule has 19 heavy (non-hydrogen) atoms. The van der Waals surface area contributed by atoms with Crippen molar-refractivity contribution in [2.75, 3.05) is 19.8 Å². The Morgan fingerprint density at radius 3 is 2.42 bits per heavy atom. The second-order valence-corrected chi connectivity index (χ2v) is 4.43. The van der Waals surface area contributed by atoms with Crippen LogP contribution in [0.5, 0.6) is 0 Å². The van der Waals surface area contributed by atoms with Crippen molar-refractivity contribution in [3.63, 3.8) is 0 Å². The van der Waals surface area contributed by atoms with E-state index in [1.54, 1.807) is 0 Å². The van der Waals surface area contributed by atoms with Gasteiger partial charge in [-0.2, -0.15) is 0 Å². The number of primary amides is 1. The summed E-state index contributed by atoms with van der Waals surface area (Å²) in [7, 11) is 0. The van der Waals surface area contributed by atoms with Crippen LogP contribution in [0.25, 0.3) is 0 Å². The summed E-state index contributed by atoms with van der Waals surface area (Å²) in [5.74, 6) is -1.23. The maximum absolute atomic E-state index is 11.8. The van der Waals surface area contributed by atoms with Gasteiger partial charge in [-0.1, -0.05) is 13.8 Å². The van der Waals surface area contributed by atoms with Crippen LogP contribution in [-0.4, -0.2) is 48.8 Å². The van der Waals surface area contributed by atoms with Gasteiger partial charge >= 0.3 is 12.0 Å². The molecule has 0 radical (unpaired) electrons. The fourth-order valence-electron chi connectivity index (χ4n) is 1.40. The Balaban J connectivity index is 4.03. The number of urea groups is 1. The Morgan fingerprint density at radius 2 is 1.95 bits per heavy atom. The Bertz CT molecular complexity index is 319. The van der Waals surface area contributed by atoms with E-state index in [1.807, 2.05) is 13.8 Å². The molecule has 0 aromatic heterocycles. The third-order valence-electron chi connectivity index (χ3n) is 2.11. The second kappa shape index (κ2) is 9.15. The van der Waals surface area contributed by atoms with Gasteiger partial charge in [0.05, 0.1) is 6.61 Å². The van der Waals surface area contributed by atoms with Gasteiger partial charge in [0.15, 0.2) is 0 Å². The van der Waals surface area contributed by atoms with E-state index in [-0.39, 0.29) is 25.0 Å². The molecule has 0 saturated heterocycles. The molecule has 0 aliphatic carbocycles. The molecular weight excluding hydrogens is 254 g/mol. The van der Waals surface area contributed by atoms with Crippen LogP contribution in [0, 0.1) is 5.92 Å². The van der Waals surface area contributed by atoms with Crippen LogP contribution >= 0.6 is 0 Å². The molecule has 0 heterocycles. The molecule has 5 N–H and O–H groups in total. The zero-order chi connectivity index (χ0) is 14.8. The summed E-state index contributed by atoms with van der Waals surface area (Å²) >= 11 is 0. The van der Waals surface area contributed by atoms with Crippen molar-refractivity contribution >= 4 is 17.9 Å². The third-order valence-corrected chi connectivity index (χ3v) is 2.11. The number of aliphatic carboxylic acids is 1. The highest BCUT2D eigenvalue weighted by Gasteiger charge is 2.20. The molecule has 8 heteroatoms. The van der Waals surface area contributed by atoms with Gasteiger partial charge in [-0.05, 0) is 12.3 Å². The Kier molecular flexibility index (Phi) is 8.27. The predicted octanol–water partition coefficient (Wildman–Crippen LogP) is -0.713. The van der Waals surface area contributed by atoms with Crippen LogP contribution in [0.15, 0.2) is 0 Å². The lowest BCUT2D eigenvalue weighted by molar-refractivity contribution is -0.142. The number of ether oxygens (including phenoxy) is 1. The normalized spacial score (nSPS) is 11.9. The van der Waals surface area contributed by atoms with E-state index < -0.39 is 24.6 Å². The topological polar surface area (TPSA) is 131 Å². The van der Waals surface area contributed by atoms with Crippen molar-refractivity contribution in [2.45, 2.75) is 26.3 Å². The number of carboxylic acids is 1. The number of carbonyl (C=O) groups is 3. The van der Waals surface area contributed by atoms with E-state index in [2.05, 4.69) is 10.6 Å². The molecule has 3 amide bonds. The van der Waals surface area contributed by atoms with E-state index >= 15 is 0 Å². The van der Waals surface area contributed by atoms with Crippen LogP contribution in [0.2, 0.25) is 0 Å². The minimum atomic E-state index is -1.07. The highest BCUT2D eigenvalue weighted by molar-refractivity contribution is 5.86. The van der Waals surface area contributed by atoms with Gasteiger partial charge in [0.2, 0.25) is 5.91 Å². The second-order valence-electron chi connectivity index (χ2n) is 4.43. The molecule has 0 fully saturated rings. The van der Waals surface area contributed by atoms with Crippen molar-refractivity contribution in [1.82, 2.24) is 10.6 Å². The minimum absolute atomic E-state index is 0.0863. The van der Waals surface area contributed by atoms with Crippen LogP contribution in [0.3, 0.4) is 0 Å². The number of hydrogen-bond donors (Lipinski definition) is 4. The molecule has 1 unspecified atom stereocenters. The Hall–Kier alpha value is -1.83. The summed E-state index contributed by atoms with van der Waals surface area (Å²) in [6.45, 7) is 3.67. The summed E-state index contributed by atoms with van der Waals surface area (Å²) in [5, 5.41) is 13.2. The van der Waals surface area contributed by atoms with Gasteiger partial charge < -0.3 is 26.2 Å². The average Bonchev–Trinajstić information content (AvgIpc) is 2.25. The van der Waals surface area contributed by atoms with Crippen molar-refractivity contribution in [2.24, 2.45) is 11.7 Å². The van der Waals surface area contributed by atoms with E-state index in [4.69, 9.17) is 15.6 Å². The Labute approximate surface area is 111 Å². The fraction of sp³-hybridized carbons (Fsp3) is 0.727. The molecule has 110 valence electrons. The number of carbonyl (C=O) groups excluding carboxylic acids is 2. The quantitative estimate of drug-likeness (QED) is 0.413. The molecule has 0 aliphatic rings. The first-order valence-electron chi connectivity index (χ1n) is 5.96. The summed E-state index contributed by atoms with van der Waals surface area (Å²) < 4.78 is 4.76. The smallest absolute Gasteiger partial charge is 0.329 e. The number of rotatable bonds is 9. The first-order valence-corrected chi connectivity index (χ1v) is 5.96. The van der Waals surface area contributed by atoms with E-state index in [9.17, 15) is 14.4 Å². The number of nitrogens with two attached hydrogens (primary N) is 1. The van der Waals surface area contributed by atoms with E-state index in [0.717, 1.165) is 0 Å². The lowest BCUT2D eigenvalue weighted by Gasteiger charge is -2.18. The average molecular weight is 275 g/mol. The summed E-state index contributed by atoms with van der Waals surface area (Å²) in [5.41, 5.74) is 5.00. The maximum atomic E-state index is 11.8. The molecule has 0 aliphatic heterocycles. The summed E-state index contributed by atoms with van der Waals surface area (Å²) in [6, 6.07) is -1.46. The van der Waals surface area contributed by atoms with Gasteiger partial charge in [-0.3, -0.25) is 4.79 Å². The zero-order valence-electron chi connectivity index (χ0n) is 11.1. The zero-order valence-corrected chi connectivity index (χ0v) is 11.1. The standard InChI is InChI=1S/C11H21N3O5/c1-7(2)5-8(14-11(12)18)10(17)13-3-4-19-6-9(15)16/h7-8H,3-6H2,1-2H3,(H,13,17)(H,15,16)(H3,12,14,18). The molecule has 0 saturated carbocycles. The van der Waals surface area contributed by atoms with Gasteiger partial charge in [0.1, 0.15) is 12.6 Å². The first kappa shape index (κ1) is 17.2. The summed E-state index contributed by atoms with van der Waals surface area (Å²) in [6.07, 6.45) is 0.463. The van der Waals surface area contributed by atoms with Crippen molar-refractivity contribution < 1.29 is 24.2 Å². The predicted molar refractivity (Wildman–Crippen MR) is 67.4 cm³/mol. The molecule has 0 bridgehead atoms. The molecule has 0 aromatic carbocycles. The molecule has 0 rings (SSSR count). The largest absolute Gasteiger partial charge is 0.480 e. The SMILES string of the molecule is CC(C)CC(NC(N)=O)C(=O)NCCOCC(=O)O. The fourth-order valence-corrected chi connectivity index (χ4v) is 1.40. The number of nitrogens with one attached hydrogen (secondary N) is 2. The van der Waals surface area contributed by atoms with Crippen molar-refractivity contribution in [1.29, 1.82) is 0 Å². The van der Waals surface area contributed by atoms with Gasteiger partial charge in [-0.15, -0.1) is 0 Å². The maximum Gasteiger partial charge on any atom is 0.329 e. The highest BCUT2D eigenvalue weighted by Crippen LogP contribution is 2.04. The third kappa shape index (κ3) is 9.83. The monoisotopic (exact) mass is 275 g/mol. The first-order chi connectivity index (χ1) is 8.82. The summed E-state index contributed by atoms with van der Waals surface area (Å²) in [4.78, 5) is 32.7. The molecule has 8 nitrogen and oxygen atoms in total. The van der Waals surface area contributed by atoms with Crippen LogP contribution in [-0.2, 0) is 14.3 Å². The minimum Gasteiger partial charge on any atom is -0.480 e. The van der Waals surface area contributed by atoms with Crippen LogP contribution < -0.4 is 16.4 Å². The van der Waals surface area contributed by atoms with Crippen molar-refractivity contribution in [3.8, 4) is 0 Å². The van der Waals surface area contributed by atoms with Crippen molar-refractivity contribution in [3.05, 3.63) is 0 Å². The lowest BCUT2D eigenvalue weighted by Crippen LogP contribution is -2.49. The number of amides is 3. The molecule has 1 atom stereocenters. The number of carboxylic acid groups (broad SMARTS) is 1.